The van der Waals surface area contributed by atoms with E-state index in [0.29, 0.717) is 0 Å². The van der Waals surface area contributed by atoms with Crippen molar-refractivity contribution in [2.45, 2.75) is 6.42 Å². The van der Waals surface area contributed by atoms with Crippen LogP contribution in [-0.2, 0) is 6.42 Å². The lowest BCUT2D eigenvalue weighted by atomic mass is 10.2. The number of nitrogens with one attached hydrogen (secondary N) is 2. The van der Waals surface area contributed by atoms with Gasteiger partial charge in [0.25, 0.3) is 0 Å². The van der Waals surface area contributed by atoms with Crippen molar-refractivity contribution in [2.24, 2.45) is 5.84 Å². The second kappa shape index (κ2) is 7.21. The van der Waals surface area contributed by atoms with Crippen LogP contribution in [0.25, 0.3) is 0 Å². The van der Waals surface area contributed by atoms with E-state index < -0.39 is 0 Å². The number of hydrazine groups is 1. The van der Waals surface area contributed by atoms with Crippen LogP contribution in [0.5, 0.6) is 0 Å². The lowest BCUT2D eigenvalue weighted by Crippen LogP contribution is -2.48. The Kier molecular flexibility index (Phi) is 4.84. The molecule has 0 atom stereocenters. The first-order chi connectivity index (χ1) is 11.3. The zero-order valence-corrected chi connectivity index (χ0v) is 13.0. The molecule has 0 unspecified atom stereocenters. The van der Waals surface area contributed by atoms with E-state index in [2.05, 4.69) is 37.6 Å². The highest BCUT2D eigenvalue weighted by atomic mass is 15.7. The minimum absolute atomic E-state index is 0.229. The quantitative estimate of drug-likeness (QED) is 0.510. The Morgan fingerprint density at radius 1 is 1.09 bits per heavy atom. The molecule has 0 aromatic carbocycles. The van der Waals surface area contributed by atoms with E-state index >= 15 is 0 Å². The molecule has 0 bridgehead atoms. The summed E-state index contributed by atoms with van der Waals surface area (Å²) in [6.07, 6.45) is 4.73. The molecular formula is C15H22N8. The van der Waals surface area contributed by atoms with Gasteiger partial charge in [0.05, 0.1) is 0 Å². The molecule has 1 saturated heterocycles. The number of anilines is 1. The van der Waals surface area contributed by atoms with Crippen molar-refractivity contribution in [3.05, 3.63) is 47.7 Å². The Hall–Kier alpha value is -2.45. The van der Waals surface area contributed by atoms with Crippen LogP contribution in [0.3, 0.4) is 0 Å². The van der Waals surface area contributed by atoms with Crippen molar-refractivity contribution < 1.29 is 0 Å². The Morgan fingerprint density at radius 3 is 2.52 bits per heavy atom. The number of nitrogens with zero attached hydrogens (tertiary/aromatic N) is 5. The van der Waals surface area contributed by atoms with Gasteiger partial charge in [0.1, 0.15) is 0 Å². The maximum Gasteiger partial charge on any atom is 0.166 e. The third-order valence-electron chi connectivity index (χ3n) is 4.11. The van der Waals surface area contributed by atoms with Crippen molar-refractivity contribution >= 4 is 5.82 Å². The third kappa shape index (κ3) is 3.85. The molecule has 8 heteroatoms. The predicted molar refractivity (Wildman–Crippen MR) is 88.2 cm³/mol. The van der Waals surface area contributed by atoms with Gasteiger partial charge in [0.2, 0.25) is 0 Å². The van der Waals surface area contributed by atoms with Crippen molar-refractivity contribution in [3.63, 3.8) is 0 Å². The Morgan fingerprint density at radius 2 is 1.83 bits per heavy atom. The number of rotatable bonds is 5. The van der Waals surface area contributed by atoms with Crippen LogP contribution in [0.1, 0.15) is 5.56 Å². The van der Waals surface area contributed by atoms with E-state index in [9.17, 15) is 0 Å². The molecule has 23 heavy (non-hydrogen) atoms. The summed E-state index contributed by atoms with van der Waals surface area (Å²) in [6, 6.07) is 7.70. The third-order valence-corrected chi connectivity index (χ3v) is 4.11. The first kappa shape index (κ1) is 15.4. The van der Waals surface area contributed by atoms with Gasteiger partial charge in [0, 0.05) is 45.1 Å². The highest BCUT2D eigenvalue weighted by molar-refractivity contribution is 5.37. The second-order valence-corrected chi connectivity index (χ2v) is 5.55. The van der Waals surface area contributed by atoms with Crippen LogP contribution >= 0.6 is 0 Å². The lowest BCUT2D eigenvalue weighted by molar-refractivity contribution is 0.260. The zero-order chi connectivity index (χ0) is 16.1. The van der Waals surface area contributed by atoms with Gasteiger partial charge < -0.3 is 4.90 Å². The van der Waals surface area contributed by atoms with Crippen LogP contribution in [0, 0.1) is 5.41 Å². The molecule has 0 radical (unpaired) electrons. The number of nitrogen functional groups attached to an aromatic ring is 1. The normalized spacial score (nSPS) is 15.6. The van der Waals surface area contributed by atoms with Gasteiger partial charge >= 0.3 is 0 Å². The molecule has 2 aromatic rings. The molecule has 1 aliphatic rings. The van der Waals surface area contributed by atoms with Crippen LogP contribution in [0.2, 0.25) is 0 Å². The fourth-order valence-corrected chi connectivity index (χ4v) is 2.72. The van der Waals surface area contributed by atoms with Gasteiger partial charge in [-0.15, -0.1) is 9.89 Å². The van der Waals surface area contributed by atoms with E-state index in [4.69, 9.17) is 11.3 Å². The Balaban J connectivity index is 1.53. The summed E-state index contributed by atoms with van der Waals surface area (Å²) in [7, 11) is 0. The molecular weight excluding hydrogens is 292 g/mol. The molecule has 4 N–H and O–H groups in total. The highest BCUT2D eigenvalue weighted by Gasteiger charge is 2.18. The van der Waals surface area contributed by atoms with Gasteiger partial charge in [-0.05, 0) is 36.2 Å². The molecule has 8 nitrogen and oxygen atoms in total. The average Bonchev–Trinajstić information content (AvgIpc) is 2.62. The molecule has 3 rings (SSSR count). The summed E-state index contributed by atoms with van der Waals surface area (Å²) in [4.78, 5) is 10.00. The molecule has 0 saturated carbocycles. The minimum Gasteiger partial charge on any atom is -0.353 e. The maximum atomic E-state index is 7.68. The average molecular weight is 314 g/mol. The van der Waals surface area contributed by atoms with E-state index in [1.807, 2.05) is 18.5 Å². The van der Waals surface area contributed by atoms with E-state index in [-0.39, 0.29) is 5.49 Å². The number of hydrogen-bond acceptors (Lipinski definition) is 7. The summed E-state index contributed by atoms with van der Waals surface area (Å²) in [5.41, 5.74) is 3.95. The standard InChI is InChI=1S/C15H22N8/c16-14-1-2-15(19-23(14)20-17)22-11-9-21(10-12-22)8-5-13-3-6-18-7-4-13/h1-4,6-7,16,20H,5,8-12,17H2. The summed E-state index contributed by atoms with van der Waals surface area (Å²) in [6.45, 7) is 4.91. The Labute approximate surface area is 135 Å². The molecule has 122 valence electrons. The van der Waals surface area contributed by atoms with Gasteiger partial charge in [-0.2, -0.15) is 0 Å². The SMILES string of the molecule is N=c1ccc(N2CCN(CCc3ccncc3)CC2)nn1NN. The highest BCUT2D eigenvalue weighted by Crippen LogP contribution is 2.12. The van der Waals surface area contributed by atoms with Crippen molar-refractivity contribution in [3.8, 4) is 0 Å². The van der Waals surface area contributed by atoms with Crippen LogP contribution < -0.4 is 21.8 Å². The molecule has 1 fully saturated rings. The second-order valence-electron chi connectivity index (χ2n) is 5.55. The maximum absolute atomic E-state index is 7.68. The largest absolute Gasteiger partial charge is 0.353 e. The number of aromatic nitrogens is 3. The fraction of sp³-hybridized carbons (Fsp3) is 0.400. The first-order valence-corrected chi connectivity index (χ1v) is 7.74. The molecule has 2 aromatic heterocycles. The van der Waals surface area contributed by atoms with Crippen molar-refractivity contribution in [1.29, 1.82) is 5.41 Å². The minimum atomic E-state index is 0.229. The molecule has 0 amide bonds. The van der Waals surface area contributed by atoms with Gasteiger partial charge in [-0.3, -0.25) is 15.3 Å². The van der Waals surface area contributed by atoms with Crippen LogP contribution in [0.4, 0.5) is 5.82 Å². The molecule has 1 aliphatic heterocycles. The molecule has 3 heterocycles. The smallest absolute Gasteiger partial charge is 0.166 e. The summed E-state index contributed by atoms with van der Waals surface area (Å²) in [5, 5.41) is 12.0. The number of piperazine rings is 1. The monoisotopic (exact) mass is 314 g/mol. The van der Waals surface area contributed by atoms with Gasteiger partial charge in [-0.25, -0.2) is 11.4 Å². The number of hydrogen-bond donors (Lipinski definition) is 3. The van der Waals surface area contributed by atoms with E-state index in [1.165, 1.54) is 10.4 Å². The van der Waals surface area contributed by atoms with E-state index in [1.54, 1.807) is 6.07 Å². The topological polar surface area (TPSA) is 99.1 Å². The number of pyridine rings is 1. The predicted octanol–water partition coefficient (Wildman–Crippen LogP) is -0.461. The number of nitrogens with two attached hydrogens (primary N) is 1. The fourth-order valence-electron chi connectivity index (χ4n) is 2.72. The summed E-state index contributed by atoms with van der Waals surface area (Å²) < 4.78 is 0. The summed E-state index contributed by atoms with van der Waals surface area (Å²) >= 11 is 0. The van der Waals surface area contributed by atoms with Crippen LogP contribution in [0.15, 0.2) is 36.7 Å². The summed E-state index contributed by atoms with van der Waals surface area (Å²) in [5.74, 6) is 6.21. The first-order valence-electron chi connectivity index (χ1n) is 7.74. The Bertz CT molecular complexity index is 675. The van der Waals surface area contributed by atoms with E-state index in [0.717, 1.165) is 45.0 Å². The van der Waals surface area contributed by atoms with Crippen molar-refractivity contribution in [1.82, 2.24) is 19.8 Å². The van der Waals surface area contributed by atoms with Gasteiger partial charge in [-0.1, -0.05) is 0 Å². The zero-order valence-electron chi connectivity index (χ0n) is 13.0. The molecule has 0 spiro atoms. The van der Waals surface area contributed by atoms with Crippen LogP contribution in [-0.4, -0.2) is 52.5 Å². The van der Waals surface area contributed by atoms with Gasteiger partial charge in [0.15, 0.2) is 11.3 Å². The van der Waals surface area contributed by atoms with Crippen molar-refractivity contribution in [2.75, 3.05) is 43.2 Å². The molecule has 0 aliphatic carbocycles. The lowest BCUT2D eigenvalue weighted by Gasteiger charge is -2.35.